The van der Waals surface area contributed by atoms with Crippen LogP contribution in [0.1, 0.15) is 5.56 Å². The van der Waals surface area contributed by atoms with Crippen molar-refractivity contribution in [2.24, 2.45) is 0 Å². The molecular weight excluding hydrogens is 361 g/mol. The summed E-state index contributed by atoms with van der Waals surface area (Å²) in [5.41, 5.74) is 1.12. The Balaban J connectivity index is 0.00000243. The van der Waals surface area contributed by atoms with Gasteiger partial charge in [-0.25, -0.2) is 4.39 Å². The molecule has 0 bridgehead atoms. The maximum atomic E-state index is 13.5. The number of aliphatic hydroxyl groups excluding tert-OH is 1. The standard InChI is InChI=1S/C18H24FN3O3.ClH/c1-14-8-20-22(9-14)12-16-11-21(6-7-24-16)10-15(23)13-25-18-5-3-2-4-17(18)19;/h2-5,8-9,15-16,23H,6-7,10-13H2,1H3;1H. The quantitative estimate of drug-likeness (QED) is 0.788. The number of hydrogen-bond acceptors (Lipinski definition) is 5. The van der Waals surface area contributed by atoms with Gasteiger partial charge in [-0.3, -0.25) is 9.58 Å². The van der Waals surface area contributed by atoms with Crippen LogP contribution in [0.3, 0.4) is 0 Å². The molecule has 2 unspecified atom stereocenters. The summed E-state index contributed by atoms with van der Waals surface area (Å²) >= 11 is 0. The monoisotopic (exact) mass is 385 g/mol. The molecule has 2 aromatic rings. The highest BCUT2D eigenvalue weighted by Gasteiger charge is 2.23. The number of β-amino-alcohol motifs (C(OH)–C–C–N with tert-alkyl or cyclic N) is 1. The lowest BCUT2D eigenvalue weighted by molar-refractivity contribution is -0.0518. The Morgan fingerprint density at radius 1 is 1.42 bits per heavy atom. The molecule has 1 aliphatic rings. The second kappa shape index (κ2) is 9.87. The molecule has 0 spiro atoms. The topological polar surface area (TPSA) is 59.8 Å². The number of para-hydroxylation sites is 1. The number of morpholine rings is 1. The molecule has 8 heteroatoms. The molecule has 0 saturated carbocycles. The Morgan fingerprint density at radius 2 is 2.23 bits per heavy atom. The molecule has 6 nitrogen and oxygen atoms in total. The van der Waals surface area contributed by atoms with E-state index in [0.717, 1.165) is 18.7 Å². The van der Waals surface area contributed by atoms with Crippen molar-refractivity contribution >= 4 is 12.4 Å². The fourth-order valence-corrected chi connectivity index (χ4v) is 2.93. The number of hydrogen-bond donors (Lipinski definition) is 1. The maximum Gasteiger partial charge on any atom is 0.165 e. The van der Waals surface area contributed by atoms with Crippen molar-refractivity contribution in [2.45, 2.75) is 25.7 Å². The van der Waals surface area contributed by atoms with Crippen molar-refractivity contribution in [2.75, 3.05) is 32.8 Å². The van der Waals surface area contributed by atoms with E-state index in [1.54, 1.807) is 18.2 Å². The van der Waals surface area contributed by atoms with Crippen LogP contribution in [0, 0.1) is 12.7 Å². The van der Waals surface area contributed by atoms with Gasteiger partial charge in [0.25, 0.3) is 0 Å². The molecule has 1 aromatic carbocycles. The van der Waals surface area contributed by atoms with Gasteiger partial charge < -0.3 is 14.6 Å². The Kier molecular flexibility index (Phi) is 7.84. The second-order valence-electron chi connectivity index (χ2n) is 6.39. The highest BCUT2D eigenvalue weighted by Crippen LogP contribution is 2.16. The molecule has 0 amide bonds. The molecule has 1 N–H and O–H groups in total. The number of nitrogens with zero attached hydrogens (tertiary/aromatic N) is 3. The van der Waals surface area contributed by atoms with Crippen molar-refractivity contribution in [1.82, 2.24) is 14.7 Å². The number of ether oxygens (including phenoxy) is 2. The Morgan fingerprint density at radius 3 is 2.96 bits per heavy atom. The summed E-state index contributed by atoms with van der Waals surface area (Å²) in [6.45, 7) is 5.30. The average Bonchev–Trinajstić information content (AvgIpc) is 2.99. The highest BCUT2D eigenvalue weighted by atomic mass is 35.5. The molecule has 26 heavy (non-hydrogen) atoms. The third-order valence-corrected chi connectivity index (χ3v) is 4.11. The number of aliphatic hydroxyl groups is 1. The summed E-state index contributed by atoms with van der Waals surface area (Å²) in [6.07, 6.45) is 3.15. The number of rotatable bonds is 7. The summed E-state index contributed by atoms with van der Waals surface area (Å²) in [6, 6.07) is 6.20. The van der Waals surface area contributed by atoms with Gasteiger partial charge in [0.2, 0.25) is 0 Å². The number of aromatic nitrogens is 2. The summed E-state index contributed by atoms with van der Waals surface area (Å²) in [5.74, 6) is -0.258. The van der Waals surface area contributed by atoms with E-state index in [2.05, 4.69) is 10.00 Å². The van der Waals surface area contributed by atoms with Crippen molar-refractivity contribution in [3.63, 3.8) is 0 Å². The van der Waals surface area contributed by atoms with Crippen LogP contribution < -0.4 is 4.74 Å². The van der Waals surface area contributed by atoms with Gasteiger partial charge in [-0.1, -0.05) is 12.1 Å². The van der Waals surface area contributed by atoms with Gasteiger partial charge in [0.05, 0.1) is 25.5 Å². The normalized spacial score (nSPS) is 19.0. The summed E-state index contributed by atoms with van der Waals surface area (Å²) in [7, 11) is 0. The van der Waals surface area contributed by atoms with E-state index >= 15 is 0 Å². The van der Waals surface area contributed by atoms with Crippen LogP contribution in [-0.2, 0) is 11.3 Å². The van der Waals surface area contributed by atoms with Crippen LogP contribution in [0.15, 0.2) is 36.7 Å². The van der Waals surface area contributed by atoms with E-state index in [1.165, 1.54) is 6.07 Å². The predicted octanol–water partition coefficient (Wildman–Crippen LogP) is 1.89. The zero-order chi connectivity index (χ0) is 17.6. The lowest BCUT2D eigenvalue weighted by Crippen LogP contribution is -2.47. The van der Waals surface area contributed by atoms with Crippen LogP contribution in [0.2, 0.25) is 0 Å². The highest BCUT2D eigenvalue weighted by molar-refractivity contribution is 5.85. The van der Waals surface area contributed by atoms with Gasteiger partial charge in [0.15, 0.2) is 11.6 Å². The first-order valence-electron chi connectivity index (χ1n) is 8.48. The number of benzene rings is 1. The van der Waals surface area contributed by atoms with Crippen LogP contribution in [-0.4, -0.2) is 64.8 Å². The van der Waals surface area contributed by atoms with E-state index in [-0.39, 0.29) is 30.9 Å². The van der Waals surface area contributed by atoms with Crippen LogP contribution in [0.5, 0.6) is 5.75 Å². The Bertz CT molecular complexity index is 685. The van der Waals surface area contributed by atoms with Gasteiger partial charge in [-0.05, 0) is 24.6 Å². The summed E-state index contributed by atoms with van der Waals surface area (Å²) in [4.78, 5) is 2.14. The molecule has 1 fully saturated rings. The van der Waals surface area contributed by atoms with E-state index in [0.29, 0.717) is 19.7 Å². The summed E-state index contributed by atoms with van der Waals surface area (Å²) < 4.78 is 26.5. The van der Waals surface area contributed by atoms with Crippen LogP contribution in [0.25, 0.3) is 0 Å². The molecule has 3 rings (SSSR count). The van der Waals surface area contributed by atoms with Gasteiger partial charge >= 0.3 is 0 Å². The fraction of sp³-hybridized carbons (Fsp3) is 0.500. The molecule has 144 valence electrons. The predicted molar refractivity (Wildman–Crippen MR) is 98.3 cm³/mol. The van der Waals surface area contributed by atoms with Gasteiger partial charge in [-0.2, -0.15) is 5.10 Å². The average molecular weight is 386 g/mol. The van der Waals surface area contributed by atoms with Crippen LogP contribution >= 0.6 is 12.4 Å². The third kappa shape index (κ3) is 5.95. The first-order valence-corrected chi connectivity index (χ1v) is 8.48. The molecule has 0 aliphatic carbocycles. The smallest absolute Gasteiger partial charge is 0.165 e. The number of aryl methyl sites for hydroxylation is 1. The zero-order valence-corrected chi connectivity index (χ0v) is 15.6. The van der Waals surface area contributed by atoms with Gasteiger partial charge in [-0.15, -0.1) is 12.4 Å². The Hall–Kier alpha value is -1.67. The van der Waals surface area contributed by atoms with Crippen molar-refractivity contribution in [3.05, 3.63) is 48.0 Å². The van der Waals surface area contributed by atoms with Crippen LogP contribution in [0.4, 0.5) is 4.39 Å². The van der Waals surface area contributed by atoms with Crippen molar-refractivity contribution in [3.8, 4) is 5.75 Å². The first-order chi connectivity index (χ1) is 12.1. The largest absolute Gasteiger partial charge is 0.488 e. The number of halogens is 2. The lowest BCUT2D eigenvalue weighted by Gasteiger charge is -2.34. The van der Waals surface area contributed by atoms with Crippen molar-refractivity contribution < 1.29 is 19.0 Å². The van der Waals surface area contributed by atoms with Crippen molar-refractivity contribution in [1.29, 1.82) is 0 Å². The Labute approximate surface area is 158 Å². The molecule has 2 atom stereocenters. The van der Waals surface area contributed by atoms with E-state index in [4.69, 9.17) is 9.47 Å². The third-order valence-electron chi connectivity index (χ3n) is 4.11. The van der Waals surface area contributed by atoms with E-state index < -0.39 is 11.9 Å². The van der Waals surface area contributed by atoms with Gasteiger partial charge in [0.1, 0.15) is 12.7 Å². The molecule has 1 aliphatic heterocycles. The molecular formula is C18H25ClFN3O3. The SMILES string of the molecule is Cc1cnn(CC2CN(CC(O)COc3ccccc3F)CCO2)c1.Cl. The maximum absolute atomic E-state index is 13.5. The lowest BCUT2D eigenvalue weighted by atomic mass is 10.2. The second-order valence-corrected chi connectivity index (χ2v) is 6.39. The molecule has 2 heterocycles. The molecule has 0 radical (unpaired) electrons. The minimum atomic E-state index is -0.690. The molecule has 1 saturated heterocycles. The zero-order valence-electron chi connectivity index (χ0n) is 14.8. The molecule has 1 aromatic heterocycles. The fourth-order valence-electron chi connectivity index (χ4n) is 2.93. The minimum Gasteiger partial charge on any atom is -0.488 e. The van der Waals surface area contributed by atoms with E-state index in [9.17, 15) is 9.50 Å². The minimum absolute atomic E-state index is 0. The summed E-state index contributed by atoms with van der Waals surface area (Å²) in [5, 5.41) is 14.5. The first kappa shape index (κ1) is 20.6. The van der Waals surface area contributed by atoms with E-state index in [1.807, 2.05) is 24.0 Å². The van der Waals surface area contributed by atoms with Gasteiger partial charge in [0, 0.05) is 25.8 Å².